The molecule has 0 spiro atoms. The van der Waals surface area contributed by atoms with Gasteiger partial charge in [-0.3, -0.25) is 4.79 Å². The summed E-state index contributed by atoms with van der Waals surface area (Å²) in [5.74, 6) is 0.459. The third-order valence-corrected chi connectivity index (χ3v) is 4.57. The van der Waals surface area contributed by atoms with E-state index in [0.29, 0.717) is 23.0 Å². The summed E-state index contributed by atoms with van der Waals surface area (Å²) >= 11 is 1.44. The summed E-state index contributed by atoms with van der Waals surface area (Å²) in [6, 6.07) is 9.42. The zero-order valence-corrected chi connectivity index (χ0v) is 13.7. The molecule has 1 amide bonds. The first-order valence-corrected chi connectivity index (χ1v) is 8.24. The van der Waals surface area contributed by atoms with Gasteiger partial charge in [-0.25, -0.2) is 9.97 Å². The van der Waals surface area contributed by atoms with Gasteiger partial charge >= 0.3 is 0 Å². The number of carbonyl (C=O) groups is 1. The topological polar surface area (TPSA) is 72.4 Å². The van der Waals surface area contributed by atoms with Crippen LogP contribution < -0.4 is 5.32 Å². The molecule has 4 heterocycles. The first-order valence-electron chi connectivity index (χ1n) is 7.43. The lowest BCUT2D eigenvalue weighted by atomic mass is 10.3. The number of hydrogen-bond acceptors (Lipinski definition) is 5. The number of furan rings is 1. The van der Waals surface area contributed by atoms with Gasteiger partial charge in [0.2, 0.25) is 0 Å². The van der Waals surface area contributed by atoms with Crippen LogP contribution in [0.5, 0.6) is 0 Å². The SMILES string of the molecule is Cc1sc(-c2ccco2)nc1C(=O)NCc1cn2ccccc2n1. The number of hydrogen-bond donors (Lipinski definition) is 1. The maximum absolute atomic E-state index is 12.4. The Kier molecular flexibility index (Phi) is 3.62. The van der Waals surface area contributed by atoms with Crippen molar-refractivity contribution in [2.24, 2.45) is 0 Å². The largest absolute Gasteiger partial charge is 0.462 e. The molecule has 0 saturated heterocycles. The lowest BCUT2D eigenvalue weighted by molar-refractivity contribution is 0.0945. The van der Waals surface area contributed by atoms with Gasteiger partial charge in [0.1, 0.15) is 11.3 Å². The quantitative estimate of drug-likeness (QED) is 0.620. The first kappa shape index (κ1) is 14.6. The summed E-state index contributed by atoms with van der Waals surface area (Å²) < 4.78 is 7.26. The minimum absolute atomic E-state index is 0.210. The van der Waals surface area contributed by atoms with Gasteiger partial charge in [-0.15, -0.1) is 11.3 Å². The second-order valence-electron chi connectivity index (χ2n) is 5.28. The highest BCUT2D eigenvalue weighted by Gasteiger charge is 2.17. The number of pyridine rings is 1. The van der Waals surface area contributed by atoms with Crippen molar-refractivity contribution in [3.8, 4) is 10.8 Å². The molecule has 0 atom stereocenters. The molecule has 0 aliphatic carbocycles. The van der Waals surface area contributed by atoms with Crippen LogP contribution >= 0.6 is 11.3 Å². The number of imidazole rings is 1. The van der Waals surface area contributed by atoms with E-state index in [9.17, 15) is 4.79 Å². The van der Waals surface area contributed by atoms with E-state index in [1.165, 1.54) is 11.3 Å². The summed E-state index contributed by atoms with van der Waals surface area (Å²) in [6.07, 6.45) is 5.42. The van der Waals surface area contributed by atoms with Crippen LogP contribution in [0.15, 0.2) is 53.4 Å². The van der Waals surface area contributed by atoms with Gasteiger partial charge in [0.15, 0.2) is 10.8 Å². The lowest BCUT2D eigenvalue weighted by Crippen LogP contribution is -2.24. The first-order chi connectivity index (χ1) is 11.7. The fourth-order valence-corrected chi connectivity index (χ4v) is 3.32. The number of aryl methyl sites for hydroxylation is 1. The summed E-state index contributed by atoms with van der Waals surface area (Å²) in [4.78, 5) is 22.1. The van der Waals surface area contributed by atoms with E-state index < -0.39 is 0 Å². The predicted molar refractivity (Wildman–Crippen MR) is 90.9 cm³/mol. The van der Waals surface area contributed by atoms with Crippen LogP contribution in [0.4, 0.5) is 0 Å². The summed E-state index contributed by atoms with van der Waals surface area (Å²) in [7, 11) is 0. The van der Waals surface area contributed by atoms with E-state index in [-0.39, 0.29) is 5.91 Å². The third kappa shape index (κ3) is 2.69. The van der Waals surface area contributed by atoms with Crippen molar-refractivity contribution in [3.05, 3.63) is 65.3 Å². The molecule has 4 aromatic heterocycles. The van der Waals surface area contributed by atoms with Crippen LogP contribution in [-0.2, 0) is 6.54 Å². The van der Waals surface area contributed by atoms with Crippen molar-refractivity contribution >= 4 is 22.9 Å². The van der Waals surface area contributed by atoms with Crippen LogP contribution in [0.3, 0.4) is 0 Å². The van der Waals surface area contributed by atoms with Crippen LogP contribution in [-0.4, -0.2) is 20.3 Å². The van der Waals surface area contributed by atoms with Crippen LogP contribution in [0, 0.1) is 6.92 Å². The number of nitrogens with one attached hydrogen (secondary N) is 1. The Balaban J connectivity index is 1.50. The molecule has 6 nitrogen and oxygen atoms in total. The van der Waals surface area contributed by atoms with E-state index in [4.69, 9.17) is 4.42 Å². The summed E-state index contributed by atoms with van der Waals surface area (Å²) in [6.45, 7) is 2.23. The fraction of sp³-hybridized carbons (Fsp3) is 0.118. The minimum Gasteiger partial charge on any atom is -0.462 e. The van der Waals surface area contributed by atoms with Gasteiger partial charge in [0, 0.05) is 17.3 Å². The number of aromatic nitrogens is 3. The Hall–Kier alpha value is -2.93. The van der Waals surface area contributed by atoms with Crippen LogP contribution in [0.1, 0.15) is 21.1 Å². The molecule has 7 heteroatoms. The van der Waals surface area contributed by atoms with Gasteiger partial charge in [-0.05, 0) is 31.2 Å². The van der Waals surface area contributed by atoms with Gasteiger partial charge in [0.25, 0.3) is 5.91 Å². The molecule has 1 N–H and O–H groups in total. The van der Waals surface area contributed by atoms with Crippen molar-refractivity contribution < 1.29 is 9.21 Å². The van der Waals surface area contributed by atoms with E-state index >= 15 is 0 Å². The number of rotatable bonds is 4. The van der Waals surface area contributed by atoms with Crippen molar-refractivity contribution in [1.29, 1.82) is 0 Å². The number of carbonyl (C=O) groups excluding carboxylic acids is 1. The zero-order chi connectivity index (χ0) is 16.5. The molecular formula is C17H14N4O2S. The Morgan fingerprint density at radius 2 is 2.21 bits per heavy atom. The van der Waals surface area contributed by atoms with Crippen molar-refractivity contribution in [2.75, 3.05) is 0 Å². The molecule has 24 heavy (non-hydrogen) atoms. The average molecular weight is 338 g/mol. The maximum atomic E-state index is 12.4. The lowest BCUT2D eigenvalue weighted by Gasteiger charge is -2.01. The number of nitrogens with zero attached hydrogens (tertiary/aromatic N) is 3. The van der Waals surface area contributed by atoms with Gasteiger partial charge in [-0.1, -0.05) is 6.07 Å². The molecule has 0 bridgehead atoms. The normalized spacial score (nSPS) is 11.0. The molecule has 0 aliphatic heterocycles. The molecule has 0 saturated carbocycles. The molecule has 0 aromatic carbocycles. The highest BCUT2D eigenvalue weighted by Crippen LogP contribution is 2.27. The molecule has 120 valence electrons. The smallest absolute Gasteiger partial charge is 0.271 e. The zero-order valence-electron chi connectivity index (χ0n) is 12.9. The summed E-state index contributed by atoms with van der Waals surface area (Å²) in [5.41, 5.74) is 2.08. The predicted octanol–water partition coefficient (Wildman–Crippen LogP) is 3.29. The Morgan fingerprint density at radius 3 is 3.00 bits per heavy atom. The maximum Gasteiger partial charge on any atom is 0.271 e. The Morgan fingerprint density at radius 1 is 1.29 bits per heavy atom. The van der Waals surface area contributed by atoms with E-state index in [0.717, 1.165) is 16.2 Å². The minimum atomic E-state index is -0.210. The van der Waals surface area contributed by atoms with Gasteiger partial charge in [-0.2, -0.15) is 0 Å². The second-order valence-corrected chi connectivity index (χ2v) is 6.49. The van der Waals surface area contributed by atoms with Crippen molar-refractivity contribution in [3.63, 3.8) is 0 Å². The van der Waals surface area contributed by atoms with Crippen molar-refractivity contribution in [1.82, 2.24) is 19.7 Å². The van der Waals surface area contributed by atoms with Crippen molar-refractivity contribution in [2.45, 2.75) is 13.5 Å². The molecule has 4 rings (SSSR count). The Labute approximate surface area is 141 Å². The third-order valence-electron chi connectivity index (χ3n) is 3.59. The average Bonchev–Trinajstić information content (AvgIpc) is 3.31. The highest BCUT2D eigenvalue weighted by atomic mass is 32.1. The van der Waals surface area contributed by atoms with E-state index in [2.05, 4.69) is 15.3 Å². The fourth-order valence-electron chi connectivity index (χ4n) is 2.44. The highest BCUT2D eigenvalue weighted by molar-refractivity contribution is 7.15. The molecule has 0 unspecified atom stereocenters. The molecule has 0 fully saturated rings. The standard InChI is InChI=1S/C17H14N4O2S/c1-11-15(20-17(24-11)13-5-4-8-23-13)16(22)18-9-12-10-21-7-3-2-6-14(21)19-12/h2-8,10H,9H2,1H3,(H,18,22). The number of fused-ring (bicyclic) bond motifs is 1. The van der Waals surface area contributed by atoms with Crippen LogP contribution in [0.2, 0.25) is 0 Å². The number of amides is 1. The van der Waals surface area contributed by atoms with Gasteiger partial charge < -0.3 is 14.1 Å². The number of thiazole rings is 1. The molecule has 0 radical (unpaired) electrons. The van der Waals surface area contributed by atoms with E-state index in [1.807, 2.05) is 48.0 Å². The van der Waals surface area contributed by atoms with Crippen LogP contribution in [0.25, 0.3) is 16.4 Å². The summed E-state index contributed by atoms with van der Waals surface area (Å²) in [5, 5.41) is 3.58. The van der Waals surface area contributed by atoms with E-state index in [1.54, 1.807) is 12.3 Å². The molecule has 4 aromatic rings. The van der Waals surface area contributed by atoms with Gasteiger partial charge in [0.05, 0.1) is 18.5 Å². The molecule has 0 aliphatic rings. The second kappa shape index (κ2) is 5.93. The monoisotopic (exact) mass is 338 g/mol. The molecular weight excluding hydrogens is 324 g/mol. The Bertz CT molecular complexity index is 968.